The number of hydrogen-bond acceptors (Lipinski definition) is 3. The van der Waals surface area contributed by atoms with E-state index in [1.807, 2.05) is 0 Å². The molecule has 1 aromatic heterocycles. The van der Waals surface area contributed by atoms with Crippen molar-refractivity contribution in [3.8, 4) is 44.9 Å². The van der Waals surface area contributed by atoms with Crippen LogP contribution >= 0.6 is 0 Å². The summed E-state index contributed by atoms with van der Waals surface area (Å²) in [6.45, 7) is 4.69. The topological polar surface area (TPSA) is 25.6 Å². The van der Waals surface area contributed by atoms with Crippen LogP contribution in [0.5, 0.6) is 11.5 Å². The maximum absolute atomic E-state index is 6.91. The summed E-state index contributed by atoms with van der Waals surface area (Å²) in [6, 6.07) is 72.6. The smallest absolute Gasteiger partial charge is 0.136 e. The first-order valence-electron chi connectivity index (χ1n) is 21.2. The molecule has 3 aliphatic rings. The van der Waals surface area contributed by atoms with Gasteiger partial charge in [0, 0.05) is 44.4 Å². The molecule has 0 bridgehead atoms. The third kappa shape index (κ3) is 4.63. The summed E-state index contributed by atoms with van der Waals surface area (Å²) in [5.41, 5.74) is 19.3. The molecule has 0 saturated heterocycles. The fourth-order valence-corrected chi connectivity index (χ4v) is 11.1. The molecule has 0 fully saturated rings. The summed E-state index contributed by atoms with van der Waals surface area (Å²) in [4.78, 5) is 2.39. The number of anilines is 3. The van der Waals surface area contributed by atoms with E-state index in [-0.39, 0.29) is 5.41 Å². The Morgan fingerprint density at radius 2 is 0.967 bits per heavy atom. The van der Waals surface area contributed by atoms with Crippen LogP contribution in [-0.2, 0) is 10.8 Å². The number of nitrogens with zero attached hydrogens (tertiary/aromatic N) is 1. The first kappa shape index (κ1) is 34.3. The molecule has 2 aliphatic carbocycles. The van der Waals surface area contributed by atoms with Crippen molar-refractivity contribution in [2.75, 3.05) is 4.90 Å². The zero-order chi connectivity index (χ0) is 40.5. The zero-order valence-corrected chi connectivity index (χ0v) is 33.8. The molecule has 1 aliphatic heterocycles. The van der Waals surface area contributed by atoms with Gasteiger partial charge in [-0.25, -0.2) is 0 Å². The molecule has 0 radical (unpaired) electrons. The molecule has 10 aromatic rings. The van der Waals surface area contributed by atoms with Crippen LogP contribution in [0.2, 0.25) is 0 Å². The number of ether oxygens (including phenoxy) is 1. The molecular formula is C58H39NO2. The van der Waals surface area contributed by atoms with Crippen molar-refractivity contribution in [1.29, 1.82) is 0 Å². The minimum atomic E-state index is -0.557. The van der Waals surface area contributed by atoms with Gasteiger partial charge in [0.15, 0.2) is 0 Å². The lowest BCUT2D eigenvalue weighted by Gasteiger charge is -2.39. The molecule has 13 rings (SSSR count). The number of fused-ring (bicyclic) bond motifs is 15. The molecule has 2 heterocycles. The molecule has 0 atom stereocenters. The Morgan fingerprint density at radius 1 is 0.377 bits per heavy atom. The SMILES string of the molecule is CC1(C)c2ccccc2-c2ccc(N(c3ccccc3)c3cccc(-c4cccc5oc6cc7c(cc6c45)-c4ccccc4C74c5ccccc5Oc5ccccc54)c3)cc21. The largest absolute Gasteiger partial charge is 0.457 e. The quantitative estimate of drug-likeness (QED) is 0.178. The van der Waals surface area contributed by atoms with Gasteiger partial charge in [-0.1, -0.05) is 147 Å². The average Bonchev–Trinajstić information content (AvgIpc) is 3.89. The third-order valence-corrected chi connectivity index (χ3v) is 13.7. The van der Waals surface area contributed by atoms with Crippen LogP contribution < -0.4 is 9.64 Å². The van der Waals surface area contributed by atoms with Crippen LogP contribution in [0, 0.1) is 0 Å². The van der Waals surface area contributed by atoms with Gasteiger partial charge in [0.2, 0.25) is 0 Å². The van der Waals surface area contributed by atoms with Crippen molar-refractivity contribution in [2.45, 2.75) is 24.7 Å². The van der Waals surface area contributed by atoms with Crippen LogP contribution in [0.25, 0.3) is 55.3 Å². The van der Waals surface area contributed by atoms with E-state index >= 15 is 0 Å². The number of benzene rings is 9. The summed E-state index contributed by atoms with van der Waals surface area (Å²) >= 11 is 0. The summed E-state index contributed by atoms with van der Waals surface area (Å²) < 4.78 is 13.5. The van der Waals surface area contributed by atoms with Gasteiger partial charge in [-0.2, -0.15) is 0 Å². The molecule has 0 amide bonds. The van der Waals surface area contributed by atoms with Crippen molar-refractivity contribution >= 4 is 39.0 Å². The van der Waals surface area contributed by atoms with E-state index in [4.69, 9.17) is 9.15 Å². The molecule has 1 spiro atoms. The maximum atomic E-state index is 6.91. The number of para-hydroxylation sites is 3. The Balaban J connectivity index is 0.999. The van der Waals surface area contributed by atoms with Crippen LogP contribution in [0.3, 0.4) is 0 Å². The first-order chi connectivity index (χ1) is 30.0. The van der Waals surface area contributed by atoms with E-state index in [1.165, 1.54) is 44.5 Å². The first-order valence-corrected chi connectivity index (χ1v) is 21.2. The maximum Gasteiger partial charge on any atom is 0.136 e. The molecule has 0 N–H and O–H groups in total. The highest BCUT2D eigenvalue weighted by Crippen LogP contribution is 2.63. The lowest BCUT2D eigenvalue weighted by Crippen LogP contribution is -2.32. The van der Waals surface area contributed by atoms with Gasteiger partial charge in [0.25, 0.3) is 0 Å². The Morgan fingerprint density at radius 3 is 1.74 bits per heavy atom. The highest BCUT2D eigenvalue weighted by molar-refractivity contribution is 6.14. The van der Waals surface area contributed by atoms with E-state index in [2.05, 4.69) is 219 Å². The van der Waals surface area contributed by atoms with Crippen molar-refractivity contribution in [3.63, 3.8) is 0 Å². The number of hydrogen-bond donors (Lipinski definition) is 0. The molecule has 61 heavy (non-hydrogen) atoms. The van der Waals surface area contributed by atoms with Gasteiger partial charge in [0.1, 0.15) is 22.7 Å². The number of furan rings is 1. The number of rotatable bonds is 4. The normalized spacial score (nSPS) is 14.5. The highest BCUT2D eigenvalue weighted by Gasteiger charge is 2.51. The lowest BCUT2D eigenvalue weighted by atomic mass is 9.66. The van der Waals surface area contributed by atoms with E-state index in [9.17, 15) is 0 Å². The van der Waals surface area contributed by atoms with E-state index in [0.717, 1.165) is 72.8 Å². The highest BCUT2D eigenvalue weighted by atomic mass is 16.5. The van der Waals surface area contributed by atoms with Gasteiger partial charge in [-0.15, -0.1) is 0 Å². The monoisotopic (exact) mass is 781 g/mol. The molecular weight excluding hydrogens is 743 g/mol. The minimum absolute atomic E-state index is 0.109. The van der Waals surface area contributed by atoms with Gasteiger partial charge in [-0.3, -0.25) is 0 Å². The second-order valence-electron chi connectivity index (χ2n) is 17.2. The second-order valence-corrected chi connectivity index (χ2v) is 17.2. The molecule has 0 saturated carbocycles. The Hall–Kier alpha value is -7.62. The molecule has 9 aromatic carbocycles. The van der Waals surface area contributed by atoms with Crippen molar-refractivity contribution in [3.05, 3.63) is 234 Å². The van der Waals surface area contributed by atoms with Crippen LogP contribution in [0.1, 0.15) is 47.2 Å². The molecule has 3 nitrogen and oxygen atoms in total. The zero-order valence-electron chi connectivity index (χ0n) is 33.8. The van der Waals surface area contributed by atoms with E-state index < -0.39 is 5.41 Å². The third-order valence-electron chi connectivity index (χ3n) is 13.7. The average molecular weight is 782 g/mol. The van der Waals surface area contributed by atoms with Crippen LogP contribution in [0.4, 0.5) is 17.1 Å². The standard InChI is InChI=1S/C58H39NO2/c1-57(2)46-23-8-6-20-41(46)43-31-30-39(33-50(43)57)59(37-17-4-3-5-18-37)38-19-14-16-36(32-38)40-22-15-29-54-56(40)45-34-44-42-21-7-9-24-47(42)58(51(44)35-55(45)61-54)48-25-10-12-27-52(48)60-53-28-13-11-26-49(53)58/h3-35H,1-2H3. The van der Waals surface area contributed by atoms with Gasteiger partial charge in [0.05, 0.1) is 5.41 Å². The van der Waals surface area contributed by atoms with Crippen LogP contribution in [0.15, 0.2) is 205 Å². The molecule has 288 valence electrons. The lowest BCUT2D eigenvalue weighted by molar-refractivity contribution is 0.436. The van der Waals surface area contributed by atoms with Gasteiger partial charge >= 0.3 is 0 Å². The van der Waals surface area contributed by atoms with Gasteiger partial charge < -0.3 is 14.1 Å². The van der Waals surface area contributed by atoms with Gasteiger partial charge in [-0.05, 0) is 122 Å². The molecule has 3 heteroatoms. The summed E-state index contributed by atoms with van der Waals surface area (Å²) in [6.07, 6.45) is 0. The predicted molar refractivity (Wildman–Crippen MR) is 249 cm³/mol. The Labute approximate surface area is 354 Å². The summed E-state index contributed by atoms with van der Waals surface area (Å²) in [5, 5.41) is 2.22. The fraction of sp³-hybridized carbons (Fsp3) is 0.0690. The van der Waals surface area contributed by atoms with E-state index in [1.54, 1.807) is 0 Å². The molecule has 0 unspecified atom stereocenters. The fourth-order valence-electron chi connectivity index (χ4n) is 11.1. The van der Waals surface area contributed by atoms with E-state index in [0.29, 0.717) is 0 Å². The minimum Gasteiger partial charge on any atom is -0.457 e. The van der Waals surface area contributed by atoms with Crippen LogP contribution in [-0.4, -0.2) is 0 Å². The Kier molecular flexibility index (Phi) is 6.99. The van der Waals surface area contributed by atoms with Crippen molar-refractivity contribution in [1.82, 2.24) is 0 Å². The predicted octanol–water partition coefficient (Wildman–Crippen LogP) is 15.5. The van der Waals surface area contributed by atoms with Crippen molar-refractivity contribution < 1.29 is 9.15 Å². The Bertz CT molecular complexity index is 3400. The summed E-state index contributed by atoms with van der Waals surface area (Å²) in [7, 11) is 0. The summed E-state index contributed by atoms with van der Waals surface area (Å²) in [5.74, 6) is 1.77. The van der Waals surface area contributed by atoms with Crippen molar-refractivity contribution in [2.24, 2.45) is 0 Å². The second kappa shape index (κ2) is 12.5.